The Bertz CT molecular complexity index is 3870. The average Bonchev–Trinajstić information content (AvgIpc) is 3.91. The summed E-state index contributed by atoms with van der Waals surface area (Å²) in [4.78, 5) is 0. The summed E-state index contributed by atoms with van der Waals surface area (Å²) in [5, 5.41) is 10.6. The fourth-order valence-corrected chi connectivity index (χ4v) is 16.9. The molecule has 76 heavy (non-hydrogen) atoms. The first-order valence-corrected chi connectivity index (χ1v) is 28.6. The van der Waals surface area contributed by atoms with Crippen LogP contribution >= 0.6 is 0 Å². The van der Waals surface area contributed by atoms with Gasteiger partial charge in [0.1, 0.15) is 0 Å². The minimum absolute atomic E-state index is 0.0910. The topological polar surface area (TPSA) is 0 Å². The fourth-order valence-electron chi connectivity index (χ4n) is 16.9. The maximum atomic E-state index is 2.62. The van der Waals surface area contributed by atoms with Crippen LogP contribution in [0.2, 0.25) is 10.6 Å². The molecule has 4 atom stereocenters. The zero-order valence-corrected chi connectivity index (χ0v) is 44.6. The first kappa shape index (κ1) is 45.9. The van der Waals surface area contributed by atoms with Crippen LogP contribution in [-0.2, 0) is 10.8 Å². The largest absolute Gasteiger partial charge is 0.216 e. The van der Waals surface area contributed by atoms with Crippen molar-refractivity contribution < 1.29 is 0 Å². The standard InChI is InChI=1S/C74H64B2/c1-71-41-15-17-43-73(71,3)75(55-25-7-5-8-26-55)67-39-35-53(47-65(67)71)51-33-37-61-63(45-51)69(59-31-19-23-49-21-11-13-29-57(49)59)62-38-34-52(46-64(62)70(61)60-32-20-24-50-22-12-14-30-58(50)60)54-36-40-68-66(48-54)72(2)42-16-18-44-74(72,4)76(68)56-27-9-6-10-28-56/h5-14,19-40,45-48H,15-18,41-44H2,1-4H3. The van der Waals surface area contributed by atoms with E-state index in [-0.39, 0.29) is 21.5 Å². The molecule has 2 heterocycles. The molecule has 2 saturated carbocycles. The monoisotopic (exact) mass is 975 g/mol. The summed E-state index contributed by atoms with van der Waals surface area (Å²) in [6.45, 7) is 11.2. The van der Waals surface area contributed by atoms with Crippen molar-refractivity contribution in [2.75, 3.05) is 0 Å². The lowest BCUT2D eigenvalue weighted by Gasteiger charge is -2.48. The molecule has 2 fully saturated rings. The second-order valence-corrected chi connectivity index (χ2v) is 24.5. The van der Waals surface area contributed by atoms with Gasteiger partial charge in [0.05, 0.1) is 0 Å². The zero-order valence-electron chi connectivity index (χ0n) is 44.6. The van der Waals surface area contributed by atoms with Gasteiger partial charge in [-0.05, 0) is 145 Å². The van der Waals surface area contributed by atoms with Crippen LogP contribution in [0.4, 0.5) is 0 Å². The Hall–Kier alpha value is -7.41. The number of benzene rings is 11. The minimum Gasteiger partial charge on any atom is -0.0735 e. The lowest BCUT2D eigenvalue weighted by Crippen LogP contribution is -2.51. The summed E-state index contributed by atoms with van der Waals surface area (Å²) in [5.74, 6) is 0. The third-order valence-electron chi connectivity index (χ3n) is 21.1. The van der Waals surface area contributed by atoms with Gasteiger partial charge in [0.25, 0.3) is 0 Å². The number of fused-ring (bicyclic) bond motifs is 10. The highest BCUT2D eigenvalue weighted by Gasteiger charge is 2.61. The van der Waals surface area contributed by atoms with E-state index < -0.39 is 0 Å². The van der Waals surface area contributed by atoms with Crippen LogP contribution in [0.25, 0.3) is 87.6 Å². The summed E-state index contributed by atoms with van der Waals surface area (Å²) in [6, 6.07) is 84.8. The molecule has 4 unspecified atom stereocenters. The molecule has 0 saturated heterocycles. The lowest BCUT2D eigenvalue weighted by atomic mass is 9.26. The van der Waals surface area contributed by atoms with Gasteiger partial charge >= 0.3 is 0 Å². The Morgan fingerprint density at radius 1 is 0.303 bits per heavy atom. The third-order valence-corrected chi connectivity index (χ3v) is 21.1. The number of hydrogen-bond donors (Lipinski definition) is 0. The van der Waals surface area contributed by atoms with E-state index in [1.807, 2.05) is 0 Å². The molecule has 0 aromatic heterocycles. The predicted octanol–water partition coefficient (Wildman–Crippen LogP) is 17.4. The van der Waals surface area contributed by atoms with Gasteiger partial charge < -0.3 is 0 Å². The molecule has 11 aromatic carbocycles. The van der Waals surface area contributed by atoms with E-state index in [9.17, 15) is 0 Å². The molecule has 0 nitrogen and oxygen atoms in total. The molecule has 0 spiro atoms. The van der Waals surface area contributed by atoms with Crippen LogP contribution in [0, 0.1) is 0 Å². The van der Waals surface area contributed by atoms with Gasteiger partial charge in [0, 0.05) is 0 Å². The average molecular weight is 975 g/mol. The maximum absolute atomic E-state index is 2.62. The Balaban J connectivity index is 0.988. The van der Waals surface area contributed by atoms with Crippen molar-refractivity contribution in [3.8, 4) is 44.5 Å². The van der Waals surface area contributed by atoms with Gasteiger partial charge in [0.2, 0.25) is 13.4 Å². The number of hydrogen-bond acceptors (Lipinski definition) is 0. The van der Waals surface area contributed by atoms with Gasteiger partial charge in [-0.25, -0.2) is 0 Å². The smallest absolute Gasteiger partial charge is 0.0735 e. The van der Waals surface area contributed by atoms with Gasteiger partial charge in [-0.15, -0.1) is 0 Å². The fraction of sp³-hybridized carbons (Fsp3) is 0.216. The molecule has 0 bridgehead atoms. The molecular formula is C74H64B2. The molecule has 2 aliphatic carbocycles. The van der Waals surface area contributed by atoms with Crippen LogP contribution in [-0.4, -0.2) is 13.4 Å². The van der Waals surface area contributed by atoms with Crippen LogP contribution in [0.15, 0.2) is 218 Å². The first-order chi connectivity index (χ1) is 37.2. The van der Waals surface area contributed by atoms with E-state index in [2.05, 4.69) is 246 Å². The van der Waals surface area contributed by atoms with Crippen molar-refractivity contribution in [1.29, 1.82) is 0 Å². The van der Waals surface area contributed by atoms with Crippen LogP contribution in [0.1, 0.15) is 90.2 Å². The van der Waals surface area contributed by atoms with Gasteiger partial charge in [-0.3, -0.25) is 0 Å². The molecular weight excluding hydrogens is 910 g/mol. The first-order valence-electron chi connectivity index (χ1n) is 28.6. The van der Waals surface area contributed by atoms with E-state index in [1.165, 1.54) is 161 Å². The van der Waals surface area contributed by atoms with Crippen molar-refractivity contribution in [3.63, 3.8) is 0 Å². The van der Waals surface area contributed by atoms with Gasteiger partial charge in [-0.2, -0.15) is 0 Å². The normalized spacial score (nSPS) is 22.7. The Kier molecular flexibility index (Phi) is 10.3. The molecule has 0 radical (unpaired) electrons. The highest BCUT2D eigenvalue weighted by atomic mass is 14.5. The van der Waals surface area contributed by atoms with E-state index in [0.717, 1.165) is 0 Å². The van der Waals surface area contributed by atoms with Gasteiger partial charge in [0.15, 0.2) is 0 Å². The summed E-state index contributed by atoms with van der Waals surface area (Å²) in [7, 11) is 0. The quantitative estimate of drug-likeness (QED) is 0.115. The molecule has 11 aromatic rings. The zero-order chi connectivity index (χ0) is 51.0. The Labute approximate surface area is 450 Å². The molecule has 2 aliphatic heterocycles. The minimum atomic E-state index is 0.0910. The summed E-state index contributed by atoms with van der Waals surface area (Å²) in [6.07, 6.45) is 10.1. The Morgan fingerprint density at radius 3 is 1.12 bits per heavy atom. The van der Waals surface area contributed by atoms with Crippen molar-refractivity contribution >= 4 is 78.4 Å². The number of rotatable bonds is 6. The van der Waals surface area contributed by atoms with Gasteiger partial charge in [-0.1, -0.05) is 294 Å². The van der Waals surface area contributed by atoms with Crippen LogP contribution in [0.5, 0.6) is 0 Å². The Morgan fingerprint density at radius 2 is 0.671 bits per heavy atom. The van der Waals surface area contributed by atoms with E-state index in [1.54, 1.807) is 11.1 Å². The molecule has 0 amide bonds. The summed E-state index contributed by atoms with van der Waals surface area (Å²) < 4.78 is 0. The molecule has 0 N–H and O–H groups in total. The predicted molar refractivity (Wildman–Crippen MR) is 330 cm³/mol. The van der Waals surface area contributed by atoms with E-state index in [0.29, 0.717) is 13.4 Å². The second-order valence-electron chi connectivity index (χ2n) is 24.5. The third kappa shape index (κ3) is 6.46. The summed E-state index contributed by atoms with van der Waals surface area (Å²) >= 11 is 0. The van der Waals surface area contributed by atoms with E-state index in [4.69, 9.17) is 0 Å². The molecule has 4 aliphatic rings. The molecule has 15 rings (SSSR count). The van der Waals surface area contributed by atoms with E-state index >= 15 is 0 Å². The molecule has 366 valence electrons. The van der Waals surface area contributed by atoms with Crippen molar-refractivity contribution in [3.05, 3.63) is 230 Å². The molecule has 2 heteroatoms. The lowest BCUT2D eigenvalue weighted by molar-refractivity contribution is 0.243. The highest BCUT2D eigenvalue weighted by Crippen LogP contribution is 2.64. The van der Waals surface area contributed by atoms with Crippen LogP contribution in [0.3, 0.4) is 0 Å². The van der Waals surface area contributed by atoms with Crippen molar-refractivity contribution in [1.82, 2.24) is 0 Å². The maximum Gasteiger partial charge on any atom is 0.216 e. The van der Waals surface area contributed by atoms with Crippen molar-refractivity contribution in [2.45, 2.75) is 101 Å². The highest BCUT2D eigenvalue weighted by molar-refractivity contribution is 6.90. The van der Waals surface area contributed by atoms with Crippen LogP contribution < -0.4 is 21.9 Å². The SMILES string of the molecule is CC12CCCCC1(C)c1cc(-c3ccc4c(-c5cccc6ccccc56)c5cc(-c6ccc7c(c6)C6(C)CCCCC6(C)B7c6ccccc6)ccc5c(-c5cccc6ccccc56)c4c3)ccc1B2c1ccccc1. The summed E-state index contributed by atoms with van der Waals surface area (Å²) in [5.41, 5.74) is 19.6. The second kappa shape index (κ2) is 17.0. The van der Waals surface area contributed by atoms with Crippen molar-refractivity contribution in [2.24, 2.45) is 0 Å².